The fourth-order valence-corrected chi connectivity index (χ4v) is 4.66. The van der Waals surface area contributed by atoms with Crippen molar-refractivity contribution in [2.24, 2.45) is 0 Å². The average Bonchev–Trinajstić information content (AvgIpc) is 3.69. The number of aromatic nitrogens is 4. The van der Waals surface area contributed by atoms with Crippen molar-refractivity contribution >= 4 is 0 Å². The Hall–Kier alpha value is -3.26. The number of unbranched alkanes of at least 4 members (excludes halogenated alkanes) is 1. The van der Waals surface area contributed by atoms with E-state index in [0.29, 0.717) is 19.3 Å². The predicted molar refractivity (Wildman–Crippen MR) is 143 cm³/mol. The van der Waals surface area contributed by atoms with Crippen molar-refractivity contribution in [2.45, 2.75) is 51.4 Å². The number of hydrogen-bond acceptors (Lipinski definition) is 5. The Kier molecular flexibility index (Phi) is 8.23. The lowest BCUT2D eigenvalue weighted by Gasteiger charge is -2.07. The molecule has 1 aliphatic heterocycles. The number of ether oxygens (including phenoxy) is 1. The minimum atomic E-state index is 0.357. The van der Waals surface area contributed by atoms with Crippen molar-refractivity contribution in [3.05, 3.63) is 83.7 Å². The van der Waals surface area contributed by atoms with Gasteiger partial charge in [0.05, 0.1) is 43.0 Å². The number of nitrogens with zero attached hydrogens (tertiary/aromatic N) is 2. The number of hydrogen-bond donors (Lipinski definition) is 4. The van der Waals surface area contributed by atoms with Crippen LogP contribution in [0, 0.1) is 0 Å². The van der Waals surface area contributed by atoms with E-state index in [9.17, 15) is 0 Å². The second-order valence-corrected chi connectivity index (χ2v) is 9.52. The zero-order chi connectivity index (χ0) is 24.6. The SMILES string of the molecule is CNCCCCc1ncc(-c2ccc(COCc3ccc(-c4cnc([C@@H]5CCCN5)[nH]4)cc3)cc2)[nH]1. The third-order valence-electron chi connectivity index (χ3n) is 6.77. The second-order valence-electron chi connectivity index (χ2n) is 9.52. The third kappa shape index (κ3) is 6.29. The highest BCUT2D eigenvalue weighted by atomic mass is 16.5. The van der Waals surface area contributed by atoms with Crippen LogP contribution >= 0.6 is 0 Å². The quantitative estimate of drug-likeness (QED) is 0.209. The molecular formula is C29H36N6O. The van der Waals surface area contributed by atoms with Gasteiger partial charge >= 0.3 is 0 Å². The minimum absolute atomic E-state index is 0.357. The fraction of sp³-hybridized carbons (Fsp3) is 0.379. The van der Waals surface area contributed by atoms with Crippen LogP contribution in [-0.2, 0) is 24.4 Å². The van der Waals surface area contributed by atoms with Crippen LogP contribution in [0.5, 0.6) is 0 Å². The first kappa shape index (κ1) is 24.4. The van der Waals surface area contributed by atoms with Crippen LogP contribution in [0.4, 0.5) is 0 Å². The molecule has 3 heterocycles. The van der Waals surface area contributed by atoms with Crippen LogP contribution in [0.2, 0.25) is 0 Å². The molecule has 5 rings (SSSR count). The molecule has 0 spiro atoms. The molecule has 2 aromatic carbocycles. The van der Waals surface area contributed by atoms with Gasteiger partial charge < -0.3 is 25.3 Å². The molecular weight excluding hydrogens is 448 g/mol. The number of rotatable bonds is 12. The molecule has 188 valence electrons. The molecule has 1 atom stereocenters. The van der Waals surface area contributed by atoms with Crippen molar-refractivity contribution in [3.63, 3.8) is 0 Å². The summed E-state index contributed by atoms with van der Waals surface area (Å²) < 4.78 is 5.98. The van der Waals surface area contributed by atoms with Crippen LogP contribution < -0.4 is 10.6 Å². The Morgan fingerprint density at radius 3 is 2.17 bits per heavy atom. The van der Waals surface area contributed by atoms with E-state index >= 15 is 0 Å². The first-order chi connectivity index (χ1) is 17.8. The molecule has 2 aromatic heterocycles. The van der Waals surface area contributed by atoms with Gasteiger partial charge in [-0.2, -0.15) is 0 Å². The maximum atomic E-state index is 5.98. The van der Waals surface area contributed by atoms with E-state index in [1.807, 2.05) is 19.4 Å². The van der Waals surface area contributed by atoms with Gasteiger partial charge in [-0.1, -0.05) is 48.5 Å². The number of aryl methyl sites for hydroxylation is 1. The molecule has 4 aromatic rings. The highest BCUT2D eigenvalue weighted by molar-refractivity contribution is 5.59. The van der Waals surface area contributed by atoms with Gasteiger partial charge in [0.25, 0.3) is 0 Å². The zero-order valence-corrected chi connectivity index (χ0v) is 21.0. The zero-order valence-electron chi connectivity index (χ0n) is 21.0. The number of H-pyrrole nitrogens is 2. The van der Waals surface area contributed by atoms with Crippen LogP contribution in [0.3, 0.4) is 0 Å². The highest BCUT2D eigenvalue weighted by Gasteiger charge is 2.19. The lowest BCUT2D eigenvalue weighted by atomic mass is 10.1. The van der Waals surface area contributed by atoms with E-state index in [1.54, 1.807) is 0 Å². The van der Waals surface area contributed by atoms with Gasteiger partial charge in [0.1, 0.15) is 11.6 Å². The lowest BCUT2D eigenvalue weighted by Crippen LogP contribution is -2.14. The summed E-state index contributed by atoms with van der Waals surface area (Å²) in [6, 6.07) is 17.4. The molecule has 1 fully saturated rings. The molecule has 1 aliphatic rings. The molecule has 4 N–H and O–H groups in total. The summed E-state index contributed by atoms with van der Waals surface area (Å²) in [6.07, 6.45) is 9.49. The molecule has 0 amide bonds. The summed E-state index contributed by atoms with van der Waals surface area (Å²) >= 11 is 0. The summed E-state index contributed by atoms with van der Waals surface area (Å²) in [4.78, 5) is 16.0. The fourth-order valence-electron chi connectivity index (χ4n) is 4.66. The molecule has 7 nitrogen and oxygen atoms in total. The molecule has 0 unspecified atom stereocenters. The lowest BCUT2D eigenvalue weighted by molar-refractivity contribution is 0.107. The van der Waals surface area contributed by atoms with Crippen LogP contribution in [0.25, 0.3) is 22.5 Å². The summed E-state index contributed by atoms with van der Waals surface area (Å²) in [5, 5.41) is 6.67. The van der Waals surface area contributed by atoms with Gasteiger partial charge in [0.15, 0.2) is 0 Å². The van der Waals surface area contributed by atoms with Crippen molar-refractivity contribution in [3.8, 4) is 22.5 Å². The Morgan fingerprint density at radius 1 is 0.861 bits per heavy atom. The number of aromatic amines is 2. The van der Waals surface area contributed by atoms with Gasteiger partial charge in [-0.25, -0.2) is 9.97 Å². The maximum absolute atomic E-state index is 5.98. The first-order valence-corrected chi connectivity index (χ1v) is 13.0. The summed E-state index contributed by atoms with van der Waals surface area (Å²) in [7, 11) is 1.99. The number of benzene rings is 2. The third-order valence-corrected chi connectivity index (χ3v) is 6.77. The Balaban J connectivity index is 1.08. The molecule has 1 saturated heterocycles. The van der Waals surface area contributed by atoms with E-state index in [0.717, 1.165) is 84.1 Å². The average molecular weight is 485 g/mol. The van der Waals surface area contributed by atoms with Crippen molar-refractivity contribution < 1.29 is 4.74 Å². The maximum Gasteiger partial charge on any atom is 0.123 e. The summed E-state index contributed by atoms with van der Waals surface area (Å²) in [5.74, 6) is 2.09. The van der Waals surface area contributed by atoms with Gasteiger partial charge in [-0.3, -0.25) is 0 Å². The van der Waals surface area contributed by atoms with Gasteiger partial charge in [-0.15, -0.1) is 0 Å². The van der Waals surface area contributed by atoms with Gasteiger partial charge in [0, 0.05) is 6.42 Å². The van der Waals surface area contributed by atoms with E-state index in [1.165, 1.54) is 6.42 Å². The summed E-state index contributed by atoms with van der Waals surface area (Å²) in [5.41, 5.74) is 6.74. The van der Waals surface area contributed by atoms with E-state index in [4.69, 9.17) is 4.74 Å². The Morgan fingerprint density at radius 2 is 1.53 bits per heavy atom. The molecule has 7 heteroatoms. The van der Waals surface area contributed by atoms with Gasteiger partial charge in [0.2, 0.25) is 0 Å². The monoisotopic (exact) mass is 484 g/mol. The molecule has 0 aliphatic carbocycles. The number of nitrogens with one attached hydrogen (secondary N) is 4. The molecule has 0 bridgehead atoms. The topological polar surface area (TPSA) is 90.7 Å². The van der Waals surface area contributed by atoms with E-state index < -0.39 is 0 Å². The predicted octanol–water partition coefficient (Wildman–Crippen LogP) is 5.15. The first-order valence-electron chi connectivity index (χ1n) is 13.0. The van der Waals surface area contributed by atoms with E-state index in [-0.39, 0.29) is 0 Å². The standard InChI is InChI=1S/C29H36N6O/c1-30-15-3-2-6-28-32-17-26(34-28)23-11-7-21(8-12-23)19-36-20-22-9-13-24(14-10-22)27-18-33-29(35-27)25-5-4-16-31-25/h7-14,17-18,25,30-31H,2-6,15-16,19-20H2,1H3,(H,32,34)(H,33,35)/t25-/m0/s1. The second kappa shape index (κ2) is 12.1. The Labute approximate surface area is 213 Å². The normalized spacial score (nSPS) is 15.5. The smallest absolute Gasteiger partial charge is 0.123 e. The highest BCUT2D eigenvalue weighted by Crippen LogP contribution is 2.24. The van der Waals surface area contributed by atoms with Crippen LogP contribution in [-0.4, -0.2) is 40.1 Å². The largest absolute Gasteiger partial charge is 0.372 e. The van der Waals surface area contributed by atoms with E-state index in [2.05, 4.69) is 79.1 Å². The molecule has 0 saturated carbocycles. The van der Waals surface area contributed by atoms with Crippen molar-refractivity contribution in [1.29, 1.82) is 0 Å². The number of imidazole rings is 2. The van der Waals surface area contributed by atoms with Crippen LogP contribution in [0.1, 0.15) is 54.5 Å². The van der Waals surface area contributed by atoms with Gasteiger partial charge in [-0.05, 0) is 68.1 Å². The minimum Gasteiger partial charge on any atom is -0.372 e. The van der Waals surface area contributed by atoms with Crippen molar-refractivity contribution in [2.75, 3.05) is 20.1 Å². The molecule has 0 radical (unpaired) electrons. The summed E-state index contributed by atoms with van der Waals surface area (Å²) in [6.45, 7) is 3.29. The Bertz CT molecular complexity index is 1210. The van der Waals surface area contributed by atoms with Crippen molar-refractivity contribution in [1.82, 2.24) is 30.6 Å². The van der Waals surface area contributed by atoms with Crippen LogP contribution in [0.15, 0.2) is 60.9 Å². The molecule has 36 heavy (non-hydrogen) atoms.